The van der Waals surface area contributed by atoms with Crippen molar-refractivity contribution in [3.8, 4) is 0 Å². The van der Waals surface area contributed by atoms with Crippen LogP contribution in [-0.4, -0.2) is 34.3 Å². The number of nitrogens with one attached hydrogen (secondary N) is 1. The minimum atomic E-state index is -1.04. The van der Waals surface area contributed by atoms with Gasteiger partial charge in [0, 0.05) is 28.4 Å². The summed E-state index contributed by atoms with van der Waals surface area (Å²) in [6.07, 6.45) is 8.62. The van der Waals surface area contributed by atoms with Crippen molar-refractivity contribution in [3.63, 3.8) is 0 Å². The fourth-order valence-electron chi connectivity index (χ4n) is 4.33. The van der Waals surface area contributed by atoms with Crippen LogP contribution in [0.5, 0.6) is 0 Å². The number of hydrogen-bond acceptors (Lipinski definition) is 4. The van der Waals surface area contributed by atoms with Crippen LogP contribution in [0.25, 0.3) is 6.08 Å². The van der Waals surface area contributed by atoms with Crippen molar-refractivity contribution in [2.75, 3.05) is 11.9 Å². The molecule has 1 aromatic carbocycles. The molecule has 1 aliphatic heterocycles. The molecular formula is C24H25ClN2O4S. The van der Waals surface area contributed by atoms with Gasteiger partial charge < -0.3 is 15.3 Å². The zero-order valence-corrected chi connectivity index (χ0v) is 19.2. The number of rotatable bonds is 5. The molecule has 2 aliphatic rings. The van der Waals surface area contributed by atoms with Crippen molar-refractivity contribution in [2.45, 2.75) is 45.1 Å². The van der Waals surface area contributed by atoms with Gasteiger partial charge in [-0.15, -0.1) is 11.3 Å². The van der Waals surface area contributed by atoms with Gasteiger partial charge in [0.05, 0.1) is 12.1 Å². The molecular weight excluding hydrogens is 448 g/mol. The topological polar surface area (TPSA) is 86.7 Å². The number of thiophene rings is 1. The Kier molecular flexibility index (Phi) is 6.96. The molecule has 2 N–H and O–H groups in total. The first-order chi connectivity index (χ1) is 15.4. The quantitative estimate of drug-likeness (QED) is 0.584. The SMILES string of the molecule is O=C(O)c1c(NC(=O)C2CCCCC2)sc2c1CCN(C(=O)/C=C/c1ccc(Cl)cc1)C2. The molecule has 168 valence electrons. The summed E-state index contributed by atoms with van der Waals surface area (Å²) in [4.78, 5) is 39.9. The molecule has 4 rings (SSSR count). The Morgan fingerprint density at radius 2 is 1.84 bits per heavy atom. The number of carboxylic acids is 1. The Hall–Kier alpha value is -2.64. The number of carbonyl (C=O) groups excluding carboxylic acids is 2. The first-order valence-corrected chi connectivity index (χ1v) is 12.0. The van der Waals surface area contributed by atoms with Crippen molar-refractivity contribution < 1.29 is 19.5 Å². The molecule has 0 atom stereocenters. The molecule has 1 aromatic heterocycles. The summed E-state index contributed by atoms with van der Waals surface area (Å²) >= 11 is 7.16. The predicted octanol–water partition coefficient (Wildman–Crippen LogP) is 5.22. The number of halogens is 1. The molecule has 2 heterocycles. The summed E-state index contributed by atoms with van der Waals surface area (Å²) in [7, 11) is 0. The van der Waals surface area contributed by atoms with Crippen molar-refractivity contribution in [1.29, 1.82) is 0 Å². The standard InChI is InChI=1S/C24H25ClN2O4S/c25-17-9-6-15(7-10-17)8-11-20(28)27-13-12-18-19(14-27)32-23(21(18)24(30)31)26-22(29)16-4-2-1-3-5-16/h6-11,16H,1-5,12-14H2,(H,26,29)(H,30,31)/b11-8+. The lowest BCUT2D eigenvalue weighted by Gasteiger charge is -2.26. The molecule has 0 unspecified atom stereocenters. The smallest absolute Gasteiger partial charge is 0.339 e. The molecule has 0 bridgehead atoms. The van der Waals surface area contributed by atoms with E-state index in [0.29, 0.717) is 29.5 Å². The second-order valence-corrected chi connectivity index (χ2v) is 9.77. The summed E-state index contributed by atoms with van der Waals surface area (Å²) in [6.45, 7) is 0.771. The molecule has 1 fully saturated rings. The number of aromatic carboxylic acids is 1. The highest BCUT2D eigenvalue weighted by Gasteiger charge is 2.31. The minimum absolute atomic E-state index is 0.0550. The number of anilines is 1. The van der Waals surface area contributed by atoms with E-state index in [1.54, 1.807) is 23.1 Å². The van der Waals surface area contributed by atoms with Crippen LogP contribution in [0.15, 0.2) is 30.3 Å². The number of fused-ring (bicyclic) bond motifs is 1. The molecule has 8 heteroatoms. The third-order valence-corrected chi connectivity index (χ3v) is 7.47. The van der Waals surface area contributed by atoms with Gasteiger partial charge in [0.15, 0.2) is 0 Å². The molecule has 1 aliphatic carbocycles. The number of benzene rings is 1. The van der Waals surface area contributed by atoms with Crippen molar-refractivity contribution >= 4 is 51.8 Å². The van der Waals surface area contributed by atoms with E-state index in [9.17, 15) is 19.5 Å². The van der Waals surface area contributed by atoms with Crippen LogP contribution in [0.4, 0.5) is 5.00 Å². The largest absolute Gasteiger partial charge is 0.478 e. The van der Waals surface area contributed by atoms with Gasteiger partial charge in [-0.1, -0.05) is 43.0 Å². The van der Waals surface area contributed by atoms with E-state index in [-0.39, 0.29) is 23.3 Å². The predicted molar refractivity (Wildman–Crippen MR) is 126 cm³/mol. The number of amides is 2. The van der Waals surface area contributed by atoms with Gasteiger partial charge in [-0.05, 0) is 48.6 Å². The Bertz CT molecular complexity index is 1050. The summed E-state index contributed by atoms with van der Waals surface area (Å²) in [5, 5.41) is 13.7. The first kappa shape index (κ1) is 22.6. The average molecular weight is 473 g/mol. The van der Waals surface area contributed by atoms with Crippen LogP contribution in [0.3, 0.4) is 0 Å². The van der Waals surface area contributed by atoms with Crippen LogP contribution in [0, 0.1) is 5.92 Å². The van der Waals surface area contributed by atoms with Gasteiger partial charge in [0.1, 0.15) is 5.00 Å². The number of carbonyl (C=O) groups is 3. The van der Waals surface area contributed by atoms with Crippen molar-refractivity contribution in [1.82, 2.24) is 4.90 Å². The van der Waals surface area contributed by atoms with E-state index < -0.39 is 5.97 Å². The van der Waals surface area contributed by atoms with Gasteiger partial charge in [-0.2, -0.15) is 0 Å². The third kappa shape index (κ3) is 5.05. The summed E-state index contributed by atoms with van der Waals surface area (Å²) in [5.41, 5.74) is 1.78. The Morgan fingerprint density at radius 3 is 2.53 bits per heavy atom. The van der Waals surface area contributed by atoms with Gasteiger partial charge in [0.25, 0.3) is 0 Å². The first-order valence-electron chi connectivity index (χ1n) is 10.8. The molecule has 0 radical (unpaired) electrons. The maximum atomic E-state index is 12.7. The number of hydrogen-bond donors (Lipinski definition) is 2. The van der Waals surface area contributed by atoms with Crippen LogP contribution in [0.2, 0.25) is 5.02 Å². The molecule has 2 aromatic rings. The molecule has 2 amide bonds. The molecule has 32 heavy (non-hydrogen) atoms. The zero-order chi connectivity index (χ0) is 22.7. The molecule has 0 spiro atoms. The lowest BCUT2D eigenvalue weighted by molar-refractivity contribution is -0.126. The maximum Gasteiger partial charge on any atom is 0.339 e. The monoisotopic (exact) mass is 472 g/mol. The van der Waals surface area contributed by atoms with Crippen molar-refractivity contribution in [3.05, 3.63) is 56.9 Å². The second-order valence-electron chi connectivity index (χ2n) is 8.23. The fourth-order valence-corrected chi connectivity index (χ4v) is 5.72. The van der Waals surface area contributed by atoms with E-state index in [0.717, 1.165) is 48.1 Å². The van der Waals surface area contributed by atoms with Gasteiger partial charge >= 0.3 is 5.97 Å². The van der Waals surface area contributed by atoms with Crippen molar-refractivity contribution in [2.24, 2.45) is 5.92 Å². The number of carboxylic acid groups (broad SMARTS) is 1. The van der Waals surface area contributed by atoms with Gasteiger partial charge in [-0.3, -0.25) is 9.59 Å². The number of nitrogens with zero attached hydrogens (tertiary/aromatic N) is 1. The normalized spacial score (nSPS) is 16.7. The van der Waals surface area contributed by atoms with Gasteiger partial charge in [-0.25, -0.2) is 4.79 Å². The molecule has 0 saturated heterocycles. The fraction of sp³-hybridized carbons (Fsp3) is 0.375. The minimum Gasteiger partial charge on any atom is -0.478 e. The Balaban J connectivity index is 1.48. The van der Waals surface area contributed by atoms with Crippen LogP contribution < -0.4 is 5.32 Å². The summed E-state index contributed by atoms with van der Waals surface area (Å²) in [5.74, 6) is -1.32. The van der Waals surface area contributed by atoms with Crippen LogP contribution in [-0.2, 0) is 22.6 Å². The highest BCUT2D eigenvalue weighted by molar-refractivity contribution is 7.17. The van der Waals surface area contributed by atoms with E-state index in [1.807, 2.05) is 12.1 Å². The van der Waals surface area contributed by atoms with E-state index in [1.165, 1.54) is 17.4 Å². The molecule has 6 nitrogen and oxygen atoms in total. The summed E-state index contributed by atoms with van der Waals surface area (Å²) < 4.78 is 0. The lowest BCUT2D eigenvalue weighted by atomic mass is 9.88. The van der Waals surface area contributed by atoms with Crippen LogP contribution >= 0.6 is 22.9 Å². The zero-order valence-electron chi connectivity index (χ0n) is 17.6. The van der Waals surface area contributed by atoms with Gasteiger partial charge in [0.2, 0.25) is 11.8 Å². The lowest BCUT2D eigenvalue weighted by Crippen LogP contribution is -2.34. The van der Waals surface area contributed by atoms with E-state index >= 15 is 0 Å². The summed E-state index contributed by atoms with van der Waals surface area (Å²) in [6, 6.07) is 7.20. The Morgan fingerprint density at radius 1 is 1.12 bits per heavy atom. The third-order valence-electron chi connectivity index (χ3n) is 6.08. The molecule has 1 saturated carbocycles. The Labute approximate surface area is 195 Å². The average Bonchev–Trinajstić information content (AvgIpc) is 3.16. The highest BCUT2D eigenvalue weighted by atomic mass is 35.5. The van der Waals surface area contributed by atoms with E-state index in [4.69, 9.17) is 11.6 Å². The second kappa shape index (κ2) is 9.88. The maximum absolute atomic E-state index is 12.7. The highest BCUT2D eigenvalue weighted by Crippen LogP contribution is 2.38. The van der Waals surface area contributed by atoms with Crippen LogP contribution in [0.1, 0.15) is 58.5 Å². The van der Waals surface area contributed by atoms with E-state index in [2.05, 4.69) is 5.32 Å².